The fourth-order valence-corrected chi connectivity index (χ4v) is 0.534. The van der Waals surface area contributed by atoms with Gasteiger partial charge in [0.1, 0.15) is 0 Å². The van der Waals surface area contributed by atoms with Gasteiger partial charge in [-0.05, 0) is 26.9 Å². The van der Waals surface area contributed by atoms with Gasteiger partial charge in [-0.15, -0.1) is 0 Å². The number of hydrogen-bond acceptors (Lipinski definition) is 1. The Morgan fingerprint density at radius 3 is 1.50 bits per heavy atom. The van der Waals surface area contributed by atoms with Crippen molar-refractivity contribution in [1.82, 2.24) is 0 Å². The van der Waals surface area contributed by atoms with Crippen LogP contribution in [0, 0.1) is 6.92 Å². The summed E-state index contributed by atoms with van der Waals surface area (Å²) in [6.07, 6.45) is 0. The van der Waals surface area contributed by atoms with Crippen LogP contribution in [0.2, 0.25) is 0 Å². The summed E-state index contributed by atoms with van der Waals surface area (Å²) < 4.78 is 10.2. The number of hydrogen-bond donors (Lipinski definition) is 0. The van der Waals surface area contributed by atoms with Crippen molar-refractivity contribution in [3.8, 4) is 0 Å². The van der Waals surface area contributed by atoms with Crippen LogP contribution in [0.4, 0.5) is 0 Å². The third-order valence-electron chi connectivity index (χ3n) is 0.940. The van der Waals surface area contributed by atoms with Crippen molar-refractivity contribution >= 4 is 7.14 Å². The number of rotatable bonds is 0. The maximum Gasteiger partial charge on any atom is 0.0790 e. The Bertz CT molecular complexity index is 240. The van der Waals surface area contributed by atoms with Crippen LogP contribution in [0.15, 0.2) is 30.3 Å². The Hall–Kier alpha value is -0.550. The minimum Gasteiger partial charge on any atom is -0.324 e. The molecule has 1 nitrogen and oxygen atoms in total. The summed E-state index contributed by atoms with van der Waals surface area (Å²) in [5.41, 5.74) is 1.32. The van der Waals surface area contributed by atoms with Crippen LogP contribution in [0.5, 0.6) is 0 Å². The van der Waals surface area contributed by atoms with Crippen LogP contribution < -0.4 is 0 Å². The quantitative estimate of drug-likeness (QED) is 0.566. The Morgan fingerprint density at radius 2 is 1.33 bits per heavy atom. The minimum atomic E-state index is -1.64. The Balaban J connectivity index is 0.000000217. The Morgan fingerprint density at radius 1 is 1.00 bits per heavy atom. The molecule has 0 N–H and O–H groups in total. The molecule has 0 amide bonds. The Kier molecular flexibility index (Phi) is 4.92. The summed E-state index contributed by atoms with van der Waals surface area (Å²) in [4.78, 5) is 0. The molecule has 0 fully saturated rings. The molecule has 1 rings (SSSR count). The predicted molar refractivity (Wildman–Crippen MR) is 56.6 cm³/mol. The van der Waals surface area contributed by atoms with Crippen molar-refractivity contribution in [3.05, 3.63) is 35.9 Å². The van der Waals surface area contributed by atoms with E-state index in [9.17, 15) is 4.57 Å². The first-order valence-electron chi connectivity index (χ1n) is 3.93. The zero-order chi connectivity index (χ0) is 9.61. The van der Waals surface area contributed by atoms with Crippen LogP contribution in [-0.2, 0) is 4.57 Å². The van der Waals surface area contributed by atoms with Gasteiger partial charge in [-0.25, -0.2) is 0 Å². The van der Waals surface area contributed by atoms with E-state index in [1.807, 2.05) is 18.2 Å². The SMILES string of the molecule is CP(C)(C)=O.Cc1ccccc1. The normalized spacial score (nSPS) is 10.0. The average molecular weight is 184 g/mol. The first-order chi connectivity index (χ1) is 5.39. The van der Waals surface area contributed by atoms with Gasteiger partial charge in [0.2, 0.25) is 0 Å². The van der Waals surface area contributed by atoms with Gasteiger partial charge in [-0.1, -0.05) is 35.9 Å². The van der Waals surface area contributed by atoms with E-state index in [1.165, 1.54) is 5.56 Å². The van der Waals surface area contributed by atoms with E-state index in [0.717, 1.165) is 0 Å². The fourth-order valence-electron chi connectivity index (χ4n) is 0.534. The highest BCUT2D eigenvalue weighted by atomic mass is 31.2. The van der Waals surface area contributed by atoms with Crippen molar-refractivity contribution in [2.75, 3.05) is 20.0 Å². The van der Waals surface area contributed by atoms with Crippen molar-refractivity contribution < 1.29 is 4.57 Å². The van der Waals surface area contributed by atoms with Gasteiger partial charge < -0.3 is 4.57 Å². The van der Waals surface area contributed by atoms with Gasteiger partial charge in [0.25, 0.3) is 0 Å². The highest BCUT2D eigenvalue weighted by Crippen LogP contribution is 2.28. The molecule has 0 radical (unpaired) electrons. The van der Waals surface area contributed by atoms with E-state index < -0.39 is 7.14 Å². The van der Waals surface area contributed by atoms with E-state index in [1.54, 1.807) is 20.0 Å². The lowest BCUT2D eigenvalue weighted by atomic mass is 10.2. The third-order valence-corrected chi connectivity index (χ3v) is 0.940. The molecule has 68 valence electrons. The predicted octanol–water partition coefficient (Wildman–Crippen LogP) is 3.23. The van der Waals surface area contributed by atoms with Crippen LogP contribution in [0.3, 0.4) is 0 Å². The molecule has 0 atom stereocenters. The second-order valence-corrected chi connectivity index (χ2v) is 7.32. The molecule has 0 heterocycles. The van der Waals surface area contributed by atoms with Crippen molar-refractivity contribution in [3.63, 3.8) is 0 Å². The summed E-state index contributed by atoms with van der Waals surface area (Å²) in [6, 6.07) is 10.3. The van der Waals surface area contributed by atoms with Gasteiger partial charge in [0.15, 0.2) is 0 Å². The summed E-state index contributed by atoms with van der Waals surface area (Å²) >= 11 is 0. The minimum absolute atomic E-state index is 1.32. The molecule has 1 aromatic rings. The molecular weight excluding hydrogens is 167 g/mol. The first kappa shape index (κ1) is 11.4. The zero-order valence-corrected chi connectivity index (χ0v) is 9.14. The molecule has 12 heavy (non-hydrogen) atoms. The molecule has 0 saturated carbocycles. The highest BCUT2D eigenvalue weighted by Gasteiger charge is 1.89. The van der Waals surface area contributed by atoms with Gasteiger partial charge in [-0.2, -0.15) is 0 Å². The monoisotopic (exact) mass is 184 g/mol. The summed E-state index contributed by atoms with van der Waals surface area (Å²) in [6.45, 7) is 7.31. The fraction of sp³-hybridized carbons (Fsp3) is 0.400. The molecule has 0 bridgehead atoms. The summed E-state index contributed by atoms with van der Waals surface area (Å²) in [5, 5.41) is 0. The lowest BCUT2D eigenvalue weighted by Crippen LogP contribution is -1.62. The number of benzene rings is 1. The van der Waals surface area contributed by atoms with Crippen molar-refractivity contribution in [2.24, 2.45) is 0 Å². The van der Waals surface area contributed by atoms with E-state index in [-0.39, 0.29) is 0 Å². The zero-order valence-electron chi connectivity index (χ0n) is 8.24. The van der Waals surface area contributed by atoms with E-state index >= 15 is 0 Å². The lowest BCUT2D eigenvalue weighted by Gasteiger charge is -1.86. The van der Waals surface area contributed by atoms with E-state index in [2.05, 4.69) is 19.1 Å². The van der Waals surface area contributed by atoms with Gasteiger partial charge in [-0.3, -0.25) is 0 Å². The van der Waals surface area contributed by atoms with Crippen molar-refractivity contribution in [1.29, 1.82) is 0 Å². The van der Waals surface area contributed by atoms with Crippen LogP contribution in [0.25, 0.3) is 0 Å². The number of aryl methyl sites for hydroxylation is 1. The molecule has 0 unspecified atom stereocenters. The third kappa shape index (κ3) is 12.2. The van der Waals surface area contributed by atoms with Gasteiger partial charge >= 0.3 is 0 Å². The lowest BCUT2D eigenvalue weighted by molar-refractivity contribution is 0.586. The summed E-state index contributed by atoms with van der Waals surface area (Å²) in [7, 11) is -1.64. The van der Waals surface area contributed by atoms with Crippen LogP contribution in [-0.4, -0.2) is 20.0 Å². The molecule has 1 aromatic carbocycles. The molecule has 0 aliphatic rings. The molecule has 0 aliphatic carbocycles. The molecule has 0 aliphatic heterocycles. The molecule has 0 spiro atoms. The standard InChI is InChI=1S/C7H8.C3H9OP/c1-7-5-3-2-4-6-7;1-5(2,3)4/h2-6H,1H3;1-3H3. The second kappa shape index (κ2) is 5.16. The first-order valence-corrected chi connectivity index (χ1v) is 6.98. The molecular formula is C10H17OP. The maximum atomic E-state index is 10.2. The molecule has 2 heteroatoms. The van der Waals surface area contributed by atoms with Crippen LogP contribution >= 0.6 is 7.14 Å². The topological polar surface area (TPSA) is 17.1 Å². The molecule has 0 saturated heterocycles. The van der Waals surface area contributed by atoms with Gasteiger partial charge in [0, 0.05) is 0 Å². The summed E-state index contributed by atoms with van der Waals surface area (Å²) in [5.74, 6) is 0. The second-order valence-electron chi connectivity index (χ2n) is 3.54. The van der Waals surface area contributed by atoms with Gasteiger partial charge in [0.05, 0.1) is 7.14 Å². The van der Waals surface area contributed by atoms with Crippen molar-refractivity contribution in [2.45, 2.75) is 6.92 Å². The Labute approximate surface area is 75.2 Å². The average Bonchev–Trinajstić information content (AvgIpc) is 1.85. The highest BCUT2D eigenvalue weighted by molar-refractivity contribution is 7.61. The maximum absolute atomic E-state index is 10.2. The molecule has 0 aromatic heterocycles. The van der Waals surface area contributed by atoms with E-state index in [0.29, 0.717) is 0 Å². The largest absolute Gasteiger partial charge is 0.324 e. The van der Waals surface area contributed by atoms with Crippen LogP contribution in [0.1, 0.15) is 5.56 Å². The van der Waals surface area contributed by atoms with E-state index in [4.69, 9.17) is 0 Å². The smallest absolute Gasteiger partial charge is 0.0790 e.